The maximum atomic E-state index is 11.7. The Morgan fingerprint density at radius 2 is 2.12 bits per heavy atom. The Morgan fingerprint density at radius 3 is 2.80 bits per heavy atom. The number of anilines is 1. The zero-order valence-electron chi connectivity index (χ0n) is 13.8. The van der Waals surface area contributed by atoms with E-state index < -0.39 is 0 Å². The Balaban J connectivity index is 1.37. The molecule has 0 spiro atoms. The summed E-state index contributed by atoms with van der Waals surface area (Å²) in [5.74, 6) is 2.42. The largest absolute Gasteiger partial charge is 0.487 e. The number of carbonyl (C=O) groups is 1. The van der Waals surface area contributed by atoms with Gasteiger partial charge in [0.1, 0.15) is 23.8 Å². The van der Waals surface area contributed by atoms with E-state index in [9.17, 15) is 4.79 Å². The molecular formula is C19H18N2O3S. The van der Waals surface area contributed by atoms with Crippen LogP contribution in [-0.4, -0.2) is 10.9 Å². The van der Waals surface area contributed by atoms with Crippen LogP contribution < -0.4 is 10.1 Å². The van der Waals surface area contributed by atoms with Gasteiger partial charge in [-0.05, 0) is 55.5 Å². The van der Waals surface area contributed by atoms with Crippen molar-refractivity contribution >= 4 is 22.9 Å². The summed E-state index contributed by atoms with van der Waals surface area (Å²) in [6, 6.07) is 11.3. The van der Waals surface area contributed by atoms with Gasteiger partial charge in [-0.25, -0.2) is 4.98 Å². The minimum atomic E-state index is 0.105. The van der Waals surface area contributed by atoms with Crippen molar-refractivity contribution in [3.63, 3.8) is 0 Å². The summed E-state index contributed by atoms with van der Waals surface area (Å²) >= 11 is 1.59. The zero-order valence-corrected chi connectivity index (χ0v) is 14.6. The van der Waals surface area contributed by atoms with Gasteiger partial charge in [-0.15, -0.1) is 11.3 Å². The molecular weight excluding hydrogens is 336 g/mol. The van der Waals surface area contributed by atoms with Gasteiger partial charge < -0.3 is 14.5 Å². The SMILES string of the molecule is Cc1oc(-c2cccs2)nc1COc1ccc(NC(=O)C2CC2)cc1. The molecule has 0 bridgehead atoms. The van der Waals surface area contributed by atoms with Gasteiger partial charge in [0.2, 0.25) is 11.8 Å². The second-order valence-electron chi connectivity index (χ2n) is 6.08. The van der Waals surface area contributed by atoms with Gasteiger partial charge in [0.25, 0.3) is 0 Å². The lowest BCUT2D eigenvalue weighted by Gasteiger charge is -2.07. The highest BCUT2D eigenvalue weighted by atomic mass is 32.1. The van der Waals surface area contributed by atoms with Gasteiger partial charge in [-0.3, -0.25) is 4.79 Å². The number of aromatic nitrogens is 1. The molecule has 1 amide bonds. The summed E-state index contributed by atoms with van der Waals surface area (Å²) in [4.78, 5) is 17.3. The van der Waals surface area contributed by atoms with Gasteiger partial charge in [0, 0.05) is 11.6 Å². The van der Waals surface area contributed by atoms with Crippen molar-refractivity contribution in [2.24, 2.45) is 5.92 Å². The average Bonchev–Trinajstić information content (AvgIpc) is 3.20. The molecule has 2 aromatic heterocycles. The number of amides is 1. The molecule has 128 valence electrons. The smallest absolute Gasteiger partial charge is 0.236 e. The summed E-state index contributed by atoms with van der Waals surface area (Å²) in [6.07, 6.45) is 2.00. The number of thiophene rings is 1. The van der Waals surface area contributed by atoms with Crippen LogP contribution in [0.15, 0.2) is 46.2 Å². The second kappa shape index (κ2) is 6.72. The quantitative estimate of drug-likeness (QED) is 0.700. The maximum Gasteiger partial charge on any atom is 0.236 e. The van der Waals surface area contributed by atoms with Crippen molar-refractivity contribution in [3.05, 3.63) is 53.2 Å². The summed E-state index contributed by atoms with van der Waals surface area (Å²) in [7, 11) is 0. The van der Waals surface area contributed by atoms with Crippen molar-refractivity contribution in [1.29, 1.82) is 0 Å². The number of ether oxygens (including phenoxy) is 1. The number of oxazole rings is 1. The highest BCUT2D eigenvalue weighted by Gasteiger charge is 2.29. The first-order valence-electron chi connectivity index (χ1n) is 8.23. The molecule has 1 N–H and O–H groups in total. The first-order chi connectivity index (χ1) is 12.2. The summed E-state index contributed by atoms with van der Waals surface area (Å²) in [5.41, 5.74) is 1.58. The molecule has 5 nitrogen and oxygen atoms in total. The Morgan fingerprint density at radius 1 is 1.32 bits per heavy atom. The molecule has 1 aliphatic rings. The average molecular weight is 354 g/mol. The molecule has 25 heavy (non-hydrogen) atoms. The number of nitrogens with zero attached hydrogens (tertiary/aromatic N) is 1. The molecule has 1 fully saturated rings. The van der Waals surface area contributed by atoms with E-state index in [1.807, 2.05) is 48.7 Å². The first kappa shape index (κ1) is 15.9. The molecule has 4 rings (SSSR count). The third kappa shape index (κ3) is 3.74. The lowest BCUT2D eigenvalue weighted by molar-refractivity contribution is -0.117. The van der Waals surface area contributed by atoms with E-state index in [1.165, 1.54) is 0 Å². The Hall–Kier alpha value is -2.60. The summed E-state index contributed by atoms with van der Waals surface area (Å²) in [6.45, 7) is 2.23. The van der Waals surface area contributed by atoms with Crippen LogP contribution in [-0.2, 0) is 11.4 Å². The molecule has 3 aromatic rings. The third-order valence-electron chi connectivity index (χ3n) is 4.07. The Kier molecular flexibility index (Phi) is 4.28. The number of carbonyl (C=O) groups excluding carboxylic acids is 1. The number of rotatable bonds is 6. The van der Waals surface area contributed by atoms with Crippen LogP contribution in [0.25, 0.3) is 10.8 Å². The predicted octanol–water partition coefficient (Wildman–Crippen LogP) is 4.64. The van der Waals surface area contributed by atoms with Gasteiger partial charge in [0.15, 0.2) is 0 Å². The topological polar surface area (TPSA) is 64.4 Å². The fourth-order valence-electron chi connectivity index (χ4n) is 2.44. The summed E-state index contributed by atoms with van der Waals surface area (Å²) < 4.78 is 11.5. The van der Waals surface area contributed by atoms with Crippen molar-refractivity contribution in [2.45, 2.75) is 26.4 Å². The summed E-state index contributed by atoms with van der Waals surface area (Å²) in [5, 5.41) is 4.91. The molecule has 0 unspecified atom stereocenters. The monoisotopic (exact) mass is 354 g/mol. The van der Waals surface area contributed by atoms with Gasteiger partial charge in [-0.1, -0.05) is 6.07 Å². The van der Waals surface area contributed by atoms with Gasteiger partial charge in [0.05, 0.1) is 4.88 Å². The number of hydrogen-bond acceptors (Lipinski definition) is 5. The molecule has 0 aliphatic heterocycles. The molecule has 1 saturated carbocycles. The van der Waals surface area contributed by atoms with Crippen LogP contribution in [0.5, 0.6) is 5.75 Å². The normalized spacial score (nSPS) is 13.6. The van der Waals surface area contributed by atoms with E-state index in [1.54, 1.807) is 11.3 Å². The van der Waals surface area contributed by atoms with Crippen LogP contribution in [0, 0.1) is 12.8 Å². The van der Waals surface area contributed by atoms with Crippen molar-refractivity contribution in [3.8, 4) is 16.5 Å². The van der Waals surface area contributed by atoms with Crippen LogP contribution in [0.1, 0.15) is 24.3 Å². The lowest BCUT2D eigenvalue weighted by Crippen LogP contribution is -2.13. The third-order valence-corrected chi connectivity index (χ3v) is 4.93. The molecule has 0 radical (unpaired) electrons. The molecule has 6 heteroatoms. The molecule has 1 aliphatic carbocycles. The van der Waals surface area contributed by atoms with Crippen LogP contribution >= 0.6 is 11.3 Å². The zero-order chi connectivity index (χ0) is 17.2. The fraction of sp³-hybridized carbons (Fsp3) is 0.263. The van der Waals surface area contributed by atoms with E-state index >= 15 is 0 Å². The highest BCUT2D eigenvalue weighted by molar-refractivity contribution is 7.13. The highest BCUT2D eigenvalue weighted by Crippen LogP contribution is 2.30. The Bertz CT molecular complexity index is 865. The van der Waals surface area contributed by atoms with E-state index in [0.717, 1.165) is 40.6 Å². The van der Waals surface area contributed by atoms with E-state index in [2.05, 4.69) is 10.3 Å². The second-order valence-corrected chi connectivity index (χ2v) is 7.02. The minimum Gasteiger partial charge on any atom is -0.487 e. The Labute approximate surface area is 149 Å². The fourth-order valence-corrected chi connectivity index (χ4v) is 3.09. The van der Waals surface area contributed by atoms with Crippen molar-refractivity contribution in [1.82, 2.24) is 4.98 Å². The molecule has 0 saturated heterocycles. The number of nitrogens with one attached hydrogen (secondary N) is 1. The first-order valence-corrected chi connectivity index (χ1v) is 9.11. The van der Waals surface area contributed by atoms with Gasteiger partial charge >= 0.3 is 0 Å². The van der Waals surface area contributed by atoms with Crippen LogP contribution in [0.4, 0.5) is 5.69 Å². The van der Waals surface area contributed by atoms with Crippen molar-refractivity contribution < 1.29 is 13.9 Å². The number of hydrogen-bond donors (Lipinski definition) is 1. The predicted molar refractivity (Wildman–Crippen MR) is 96.7 cm³/mol. The lowest BCUT2D eigenvalue weighted by atomic mass is 10.3. The minimum absolute atomic E-state index is 0.105. The number of benzene rings is 1. The van der Waals surface area contributed by atoms with E-state index in [-0.39, 0.29) is 11.8 Å². The van der Waals surface area contributed by atoms with Crippen LogP contribution in [0.2, 0.25) is 0 Å². The standard InChI is InChI=1S/C19H18N2O3S/c1-12-16(21-19(24-12)17-3-2-10-25-17)11-23-15-8-6-14(7-9-15)20-18(22)13-4-5-13/h2-3,6-10,13H,4-5,11H2,1H3,(H,20,22). The molecule has 2 heterocycles. The van der Waals surface area contributed by atoms with E-state index in [4.69, 9.17) is 9.15 Å². The van der Waals surface area contributed by atoms with E-state index in [0.29, 0.717) is 12.5 Å². The molecule has 0 atom stereocenters. The van der Waals surface area contributed by atoms with Gasteiger partial charge in [-0.2, -0.15) is 0 Å². The number of aryl methyl sites for hydroxylation is 1. The van der Waals surface area contributed by atoms with Crippen molar-refractivity contribution in [2.75, 3.05) is 5.32 Å². The maximum absolute atomic E-state index is 11.7. The van der Waals surface area contributed by atoms with Crippen LogP contribution in [0.3, 0.4) is 0 Å². The molecule has 1 aromatic carbocycles.